The highest BCUT2D eigenvalue weighted by Crippen LogP contribution is 2.49. The molecule has 0 spiro atoms. The van der Waals surface area contributed by atoms with Crippen molar-refractivity contribution in [3.8, 4) is 33.6 Å². The summed E-state index contributed by atoms with van der Waals surface area (Å²) in [5.74, 6) is 0.572. The highest BCUT2D eigenvalue weighted by Gasteiger charge is 2.32. The summed E-state index contributed by atoms with van der Waals surface area (Å²) in [5, 5.41) is 18.6. The predicted molar refractivity (Wildman–Crippen MR) is 141 cm³/mol. The Morgan fingerprint density at radius 2 is 1.83 bits per heavy atom. The molecule has 0 amide bonds. The Balaban J connectivity index is 1.52. The van der Waals surface area contributed by atoms with E-state index in [0.29, 0.717) is 5.82 Å². The van der Waals surface area contributed by atoms with Crippen molar-refractivity contribution < 1.29 is 4.42 Å². The van der Waals surface area contributed by atoms with Gasteiger partial charge in [0.2, 0.25) is 5.82 Å². The highest BCUT2D eigenvalue weighted by atomic mass is 79.9. The maximum Gasteiger partial charge on any atom is 0.205 e. The van der Waals surface area contributed by atoms with Gasteiger partial charge < -0.3 is 14.6 Å². The summed E-state index contributed by atoms with van der Waals surface area (Å²) in [6.07, 6.45) is 7.21. The largest absolute Gasteiger partial charge is 0.472 e. The van der Waals surface area contributed by atoms with Crippen LogP contribution in [0.5, 0.6) is 0 Å². The third-order valence-electron chi connectivity index (χ3n) is 6.73. The number of nitrogens with one attached hydrogen (secondary N) is 2. The lowest BCUT2D eigenvalue weighted by Crippen LogP contribution is -2.35. The fraction of sp³-hybridized carbons (Fsp3) is 0.222. The number of halogens is 1. The standard InChI is InChI=1S/C27H25BrN6O/c1-2-3-12-24-29-22-10-6-7-11-23(22)34(24)15-20-17-13-14-35-16-21(17)26(28)25(20)18-8-4-5-9-19(18)27-30-32-33-31-27/h4-11,13-14,16,24,29H,2-3,12,15H2,1H3,(H,30,31,32,33). The number of rotatable bonds is 7. The fourth-order valence-corrected chi connectivity index (χ4v) is 5.84. The van der Waals surface area contributed by atoms with Crippen molar-refractivity contribution in [1.29, 1.82) is 0 Å². The van der Waals surface area contributed by atoms with Gasteiger partial charge in [0.25, 0.3) is 0 Å². The van der Waals surface area contributed by atoms with E-state index in [4.69, 9.17) is 4.42 Å². The minimum absolute atomic E-state index is 0.241. The third-order valence-corrected chi connectivity index (χ3v) is 7.55. The SMILES string of the molecule is CCCCC1Nc2ccccc2N1Cc1c2ccocc-2c(Br)c1-c1ccccc1-c1nn[nH]n1. The van der Waals surface area contributed by atoms with Gasteiger partial charge in [-0.05, 0) is 68.9 Å². The minimum Gasteiger partial charge on any atom is -0.472 e. The molecule has 2 aliphatic heterocycles. The average molecular weight is 529 g/mol. The molecular formula is C27H25BrN6O. The Bertz CT molecular complexity index is 1430. The molecule has 7 nitrogen and oxygen atoms in total. The van der Waals surface area contributed by atoms with Gasteiger partial charge in [-0.15, -0.1) is 10.2 Å². The van der Waals surface area contributed by atoms with E-state index < -0.39 is 0 Å². The first-order chi connectivity index (χ1) is 17.3. The molecule has 2 N–H and O–H groups in total. The van der Waals surface area contributed by atoms with Crippen LogP contribution < -0.4 is 10.2 Å². The number of hydrogen-bond acceptors (Lipinski definition) is 6. The lowest BCUT2D eigenvalue weighted by Gasteiger charge is -2.28. The van der Waals surface area contributed by atoms with Gasteiger partial charge in [0, 0.05) is 27.7 Å². The summed E-state index contributed by atoms with van der Waals surface area (Å²) in [5.41, 5.74) is 8.98. The van der Waals surface area contributed by atoms with E-state index in [0.717, 1.165) is 46.1 Å². The first-order valence-corrected chi connectivity index (χ1v) is 12.7. The number of aromatic nitrogens is 4. The molecule has 1 aliphatic carbocycles. The van der Waals surface area contributed by atoms with Crippen molar-refractivity contribution in [3.63, 3.8) is 0 Å². The van der Waals surface area contributed by atoms with E-state index in [1.165, 1.54) is 28.9 Å². The number of tetrazole rings is 1. The van der Waals surface area contributed by atoms with E-state index in [1.807, 2.05) is 24.5 Å². The van der Waals surface area contributed by atoms with Crippen LogP contribution >= 0.6 is 15.9 Å². The zero-order valence-corrected chi connectivity index (χ0v) is 20.9. The highest BCUT2D eigenvalue weighted by molar-refractivity contribution is 9.10. The second-order valence-electron chi connectivity index (χ2n) is 8.78. The van der Waals surface area contributed by atoms with Crippen LogP contribution in [0, 0.1) is 0 Å². The quantitative estimate of drug-likeness (QED) is 0.238. The molecule has 0 radical (unpaired) electrons. The van der Waals surface area contributed by atoms with E-state index in [9.17, 15) is 0 Å². The number of fused-ring (bicyclic) bond motifs is 2. The average Bonchev–Trinajstić information content (AvgIpc) is 3.61. The molecule has 2 aromatic carbocycles. The van der Waals surface area contributed by atoms with Crippen molar-refractivity contribution in [2.75, 3.05) is 10.2 Å². The molecule has 3 heterocycles. The van der Waals surface area contributed by atoms with Crippen LogP contribution in [-0.4, -0.2) is 26.8 Å². The summed E-state index contributed by atoms with van der Waals surface area (Å²) in [6.45, 7) is 2.99. The van der Waals surface area contributed by atoms with E-state index >= 15 is 0 Å². The summed E-state index contributed by atoms with van der Waals surface area (Å²) in [4.78, 5) is 2.50. The Morgan fingerprint density at radius 3 is 2.66 bits per heavy atom. The molecular weight excluding hydrogens is 504 g/mol. The van der Waals surface area contributed by atoms with E-state index in [-0.39, 0.29) is 6.17 Å². The van der Waals surface area contributed by atoms with Gasteiger partial charge in [0.05, 0.1) is 30.1 Å². The number of H-pyrrole nitrogens is 1. The second-order valence-corrected chi connectivity index (χ2v) is 9.57. The smallest absolute Gasteiger partial charge is 0.205 e. The van der Waals surface area contributed by atoms with Gasteiger partial charge in [0.1, 0.15) is 0 Å². The number of unbranched alkanes of at least 4 members (excludes halogenated alkanes) is 1. The van der Waals surface area contributed by atoms with Crippen LogP contribution in [0.1, 0.15) is 31.7 Å². The minimum atomic E-state index is 0.241. The second kappa shape index (κ2) is 9.19. The number of anilines is 2. The number of para-hydroxylation sites is 2. The Labute approximate surface area is 212 Å². The molecule has 6 rings (SSSR count). The molecule has 0 saturated carbocycles. The third kappa shape index (κ3) is 3.78. The normalized spacial score (nSPS) is 14.9. The predicted octanol–water partition coefficient (Wildman–Crippen LogP) is 6.94. The molecule has 0 bridgehead atoms. The van der Waals surface area contributed by atoms with Gasteiger partial charge in [0.15, 0.2) is 0 Å². The molecule has 0 saturated heterocycles. The fourth-order valence-electron chi connectivity index (χ4n) is 5.08. The summed E-state index contributed by atoms with van der Waals surface area (Å²) in [6, 6.07) is 18.8. The topological polar surface area (TPSA) is 82.9 Å². The first-order valence-electron chi connectivity index (χ1n) is 11.9. The van der Waals surface area contributed by atoms with Crippen molar-refractivity contribution >= 4 is 27.3 Å². The van der Waals surface area contributed by atoms with E-state index in [1.54, 1.807) is 6.26 Å². The zero-order valence-electron chi connectivity index (χ0n) is 19.3. The number of aromatic amines is 1. The van der Waals surface area contributed by atoms with Crippen LogP contribution in [0.4, 0.5) is 11.4 Å². The van der Waals surface area contributed by atoms with Crippen LogP contribution in [-0.2, 0) is 6.54 Å². The van der Waals surface area contributed by atoms with E-state index in [2.05, 4.69) is 90.1 Å². The molecule has 1 atom stereocenters. The lowest BCUT2D eigenvalue weighted by atomic mass is 9.97. The summed E-state index contributed by atoms with van der Waals surface area (Å²) < 4.78 is 6.59. The number of nitrogens with zero attached hydrogens (tertiary/aromatic N) is 4. The van der Waals surface area contributed by atoms with Crippen LogP contribution in [0.25, 0.3) is 33.6 Å². The lowest BCUT2D eigenvalue weighted by molar-refractivity contribution is 0.551. The Morgan fingerprint density at radius 1 is 1.00 bits per heavy atom. The number of hydrogen-bond donors (Lipinski definition) is 2. The monoisotopic (exact) mass is 528 g/mol. The maximum absolute atomic E-state index is 5.58. The molecule has 176 valence electrons. The van der Waals surface area contributed by atoms with Crippen molar-refractivity contribution in [1.82, 2.24) is 20.6 Å². The Kier molecular flexibility index (Phi) is 5.74. The zero-order chi connectivity index (χ0) is 23.8. The van der Waals surface area contributed by atoms with Crippen molar-refractivity contribution in [2.45, 2.75) is 38.9 Å². The maximum atomic E-state index is 5.58. The first kappa shape index (κ1) is 21.9. The molecule has 8 heteroatoms. The summed E-state index contributed by atoms with van der Waals surface area (Å²) >= 11 is 3.92. The Hall–Kier alpha value is -3.65. The van der Waals surface area contributed by atoms with Gasteiger partial charge in [-0.1, -0.05) is 49.7 Å². The van der Waals surface area contributed by atoms with Gasteiger partial charge in [-0.25, -0.2) is 0 Å². The van der Waals surface area contributed by atoms with Crippen LogP contribution in [0.15, 0.2) is 76.0 Å². The van der Waals surface area contributed by atoms with Crippen molar-refractivity contribution in [2.24, 2.45) is 0 Å². The molecule has 1 unspecified atom stereocenters. The molecule has 3 aliphatic rings. The van der Waals surface area contributed by atoms with Crippen LogP contribution in [0.2, 0.25) is 0 Å². The van der Waals surface area contributed by atoms with Crippen molar-refractivity contribution in [3.05, 3.63) is 77.2 Å². The molecule has 3 aromatic rings. The molecule has 0 fully saturated rings. The van der Waals surface area contributed by atoms with Gasteiger partial charge >= 0.3 is 0 Å². The van der Waals surface area contributed by atoms with Crippen LogP contribution in [0.3, 0.4) is 0 Å². The van der Waals surface area contributed by atoms with Gasteiger partial charge in [-0.3, -0.25) is 0 Å². The molecule has 35 heavy (non-hydrogen) atoms. The molecule has 1 aromatic heterocycles. The number of benzene rings is 2. The summed E-state index contributed by atoms with van der Waals surface area (Å²) in [7, 11) is 0. The van der Waals surface area contributed by atoms with Gasteiger partial charge in [-0.2, -0.15) is 5.21 Å².